The second-order valence-corrected chi connectivity index (χ2v) is 5.82. The van der Waals surface area contributed by atoms with Gasteiger partial charge in [0.15, 0.2) is 0 Å². The number of quaternary nitrogens is 1. The molecule has 0 saturated carbocycles. The number of aromatic nitrogens is 2. The molecule has 3 rings (SSSR count). The van der Waals surface area contributed by atoms with Crippen molar-refractivity contribution in [3.05, 3.63) is 34.6 Å². The minimum Gasteiger partial charge on any atom is -0.481 e. The molecule has 1 fully saturated rings. The molecule has 0 radical (unpaired) electrons. The lowest BCUT2D eigenvalue weighted by Gasteiger charge is -2.45. The second kappa shape index (κ2) is 4.56. The van der Waals surface area contributed by atoms with Gasteiger partial charge in [-0.1, -0.05) is 12.1 Å². The highest BCUT2D eigenvalue weighted by atomic mass is 16.4. The van der Waals surface area contributed by atoms with Crippen LogP contribution in [-0.2, 0) is 4.79 Å². The number of nitrogens with two attached hydrogens (primary N) is 1. The van der Waals surface area contributed by atoms with Crippen LogP contribution in [0.1, 0.15) is 6.42 Å². The number of aliphatic carboxylic acids is 1. The van der Waals surface area contributed by atoms with Crippen molar-refractivity contribution < 1.29 is 9.90 Å². The minimum atomic E-state index is -0.811. The number of likely N-dealkylation sites (tertiary alicyclic amines) is 1. The van der Waals surface area contributed by atoms with Gasteiger partial charge in [0.1, 0.15) is 0 Å². The van der Waals surface area contributed by atoms with Crippen LogP contribution < -0.4 is 15.9 Å². The molecule has 0 atom stereocenters. The first-order valence-corrected chi connectivity index (χ1v) is 6.74. The SMILES string of the molecule is C[N+]1(c2nc3ccccc3n(N)c2=O)CC(CC(=O)O)C1. The number of para-hydroxylation sites is 2. The zero-order chi connectivity index (χ0) is 15.2. The van der Waals surface area contributed by atoms with Gasteiger partial charge in [-0.2, -0.15) is 4.98 Å². The number of carbonyl (C=O) groups is 1. The van der Waals surface area contributed by atoms with Crippen LogP contribution in [0.5, 0.6) is 0 Å². The molecule has 1 aromatic heterocycles. The third kappa shape index (κ3) is 2.15. The second-order valence-electron chi connectivity index (χ2n) is 5.82. The summed E-state index contributed by atoms with van der Waals surface area (Å²) in [6.07, 6.45) is 0.123. The van der Waals surface area contributed by atoms with Gasteiger partial charge < -0.3 is 10.9 Å². The van der Waals surface area contributed by atoms with Crippen LogP contribution in [0.3, 0.4) is 0 Å². The Morgan fingerprint density at radius 2 is 2.14 bits per heavy atom. The lowest BCUT2D eigenvalue weighted by molar-refractivity contribution is -0.139. The molecule has 0 aliphatic carbocycles. The van der Waals surface area contributed by atoms with E-state index in [-0.39, 0.29) is 17.9 Å². The number of nitrogens with zero attached hydrogens (tertiary/aromatic N) is 3. The van der Waals surface area contributed by atoms with Crippen LogP contribution in [-0.4, -0.2) is 40.9 Å². The zero-order valence-corrected chi connectivity index (χ0v) is 11.7. The van der Waals surface area contributed by atoms with Gasteiger partial charge in [0, 0.05) is 0 Å². The molecule has 110 valence electrons. The van der Waals surface area contributed by atoms with Crippen molar-refractivity contribution in [1.29, 1.82) is 0 Å². The van der Waals surface area contributed by atoms with E-state index in [0.29, 0.717) is 34.4 Å². The van der Waals surface area contributed by atoms with E-state index in [9.17, 15) is 9.59 Å². The highest BCUT2D eigenvalue weighted by Crippen LogP contribution is 2.30. The van der Waals surface area contributed by atoms with Gasteiger partial charge in [0.05, 0.1) is 43.5 Å². The quantitative estimate of drug-likeness (QED) is 0.619. The molecule has 0 bridgehead atoms. The molecule has 2 aromatic rings. The van der Waals surface area contributed by atoms with Gasteiger partial charge in [-0.15, -0.1) is 0 Å². The van der Waals surface area contributed by atoms with Gasteiger partial charge >= 0.3 is 11.5 Å². The molecular formula is C14H17N4O3+. The van der Waals surface area contributed by atoms with E-state index in [1.54, 1.807) is 12.1 Å². The molecule has 0 amide bonds. The number of fused-ring (bicyclic) bond motifs is 1. The van der Waals surface area contributed by atoms with Crippen molar-refractivity contribution >= 4 is 22.8 Å². The Morgan fingerprint density at radius 3 is 2.81 bits per heavy atom. The number of hydrogen-bond donors (Lipinski definition) is 2. The molecule has 2 heterocycles. The third-order valence-electron chi connectivity index (χ3n) is 4.07. The molecule has 21 heavy (non-hydrogen) atoms. The van der Waals surface area contributed by atoms with Crippen LogP contribution in [0, 0.1) is 5.92 Å². The van der Waals surface area contributed by atoms with Crippen molar-refractivity contribution in [1.82, 2.24) is 14.1 Å². The largest absolute Gasteiger partial charge is 0.481 e. The van der Waals surface area contributed by atoms with E-state index in [1.165, 1.54) is 0 Å². The lowest BCUT2D eigenvalue weighted by Crippen LogP contribution is -2.65. The number of carboxylic acid groups (broad SMARTS) is 1. The van der Waals surface area contributed by atoms with Crippen LogP contribution in [0.4, 0.5) is 5.82 Å². The highest BCUT2D eigenvalue weighted by molar-refractivity contribution is 5.76. The van der Waals surface area contributed by atoms with Crippen molar-refractivity contribution in [3.8, 4) is 0 Å². The summed E-state index contributed by atoms with van der Waals surface area (Å²) in [5, 5.41) is 8.82. The fourth-order valence-electron chi connectivity index (χ4n) is 3.13. The van der Waals surface area contributed by atoms with Crippen LogP contribution in [0.15, 0.2) is 29.1 Å². The maximum absolute atomic E-state index is 12.4. The summed E-state index contributed by atoms with van der Waals surface area (Å²) in [5.41, 5.74) is 0.918. The van der Waals surface area contributed by atoms with Crippen molar-refractivity contribution in [2.24, 2.45) is 5.92 Å². The fraction of sp³-hybridized carbons (Fsp3) is 0.357. The van der Waals surface area contributed by atoms with Crippen molar-refractivity contribution in [2.45, 2.75) is 6.42 Å². The summed E-state index contributed by atoms with van der Waals surface area (Å²) < 4.78 is 1.45. The van der Waals surface area contributed by atoms with Crippen molar-refractivity contribution in [3.63, 3.8) is 0 Å². The fourth-order valence-corrected chi connectivity index (χ4v) is 3.13. The molecule has 1 aromatic carbocycles. The average molecular weight is 289 g/mol. The maximum Gasteiger partial charge on any atom is 0.351 e. The smallest absolute Gasteiger partial charge is 0.351 e. The van der Waals surface area contributed by atoms with E-state index >= 15 is 0 Å². The Labute approximate surface area is 120 Å². The molecule has 3 N–H and O–H groups in total. The standard InChI is InChI=1S/C14H16N4O3/c1-18(7-9(8-18)6-12(19)20)13-14(21)17(15)11-5-3-2-4-10(11)16-13/h2-5,9H,6-8,15H2,1H3/p+1. The average Bonchev–Trinajstić information content (AvgIpc) is 2.40. The van der Waals surface area contributed by atoms with Gasteiger partial charge in [-0.05, 0) is 12.1 Å². The summed E-state index contributed by atoms with van der Waals surface area (Å²) in [6, 6.07) is 7.20. The summed E-state index contributed by atoms with van der Waals surface area (Å²) >= 11 is 0. The first kappa shape index (κ1) is 13.6. The van der Waals surface area contributed by atoms with E-state index in [2.05, 4.69) is 4.98 Å². The number of hydrogen-bond acceptors (Lipinski definition) is 4. The first-order chi connectivity index (χ1) is 9.90. The zero-order valence-electron chi connectivity index (χ0n) is 11.7. The topological polar surface area (TPSA) is 98.2 Å². The molecule has 0 spiro atoms. The Bertz CT molecular complexity index is 777. The molecule has 1 saturated heterocycles. The molecular weight excluding hydrogens is 272 g/mol. The number of benzene rings is 1. The Balaban J connectivity index is 2.00. The molecule has 0 unspecified atom stereocenters. The van der Waals surface area contributed by atoms with Crippen LogP contribution in [0.2, 0.25) is 0 Å². The highest BCUT2D eigenvalue weighted by Gasteiger charge is 2.46. The van der Waals surface area contributed by atoms with Gasteiger partial charge in [-0.25, -0.2) is 4.68 Å². The van der Waals surface area contributed by atoms with E-state index in [0.717, 1.165) is 4.68 Å². The monoisotopic (exact) mass is 289 g/mol. The third-order valence-corrected chi connectivity index (χ3v) is 4.07. The summed E-state index contributed by atoms with van der Waals surface area (Å²) in [4.78, 5) is 27.6. The van der Waals surface area contributed by atoms with Gasteiger partial charge in [0.2, 0.25) is 0 Å². The molecule has 7 nitrogen and oxygen atoms in total. The lowest BCUT2D eigenvalue weighted by atomic mass is 9.93. The number of carboxylic acids is 1. The Kier molecular flexibility index (Phi) is 2.94. The van der Waals surface area contributed by atoms with Crippen LogP contribution in [0.25, 0.3) is 11.0 Å². The predicted molar refractivity (Wildman–Crippen MR) is 79.3 cm³/mol. The van der Waals surface area contributed by atoms with Crippen LogP contribution >= 0.6 is 0 Å². The summed E-state index contributed by atoms with van der Waals surface area (Å²) in [7, 11) is 1.89. The van der Waals surface area contributed by atoms with Crippen molar-refractivity contribution in [2.75, 3.05) is 26.0 Å². The predicted octanol–water partition coefficient (Wildman–Crippen LogP) is 0.152. The van der Waals surface area contributed by atoms with E-state index < -0.39 is 5.97 Å². The Hall–Kier alpha value is -2.41. The summed E-state index contributed by atoms with van der Waals surface area (Å²) in [6.45, 7) is 1.18. The molecule has 1 aliphatic rings. The van der Waals surface area contributed by atoms with E-state index in [4.69, 9.17) is 10.9 Å². The first-order valence-electron chi connectivity index (χ1n) is 6.74. The molecule has 1 aliphatic heterocycles. The normalized spacial score (nSPS) is 24.7. The van der Waals surface area contributed by atoms with E-state index in [1.807, 2.05) is 19.2 Å². The maximum atomic E-state index is 12.4. The van der Waals surface area contributed by atoms with Gasteiger partial charge in [-0.3, -0.25) is 14.1 Å². The summed E-state index contributed by atoms with van der Waals surface area (Å²) in [5.74, 6) is 5.51. The minimum absolute atomic E-state index is 0.0754. The Morgan fingerprint density at radius 1 is 1.48 bits per heavy atom. The number of nitrogen functional groups attached to an aromatic ring is 1. The number of rotatable bonds is 3. The van der Waals surface area contributed by atoms with Gasteiger partial charge in [0.25, 0.3) is 5.82 Å². The molecule has 7 heteroatoms.